The Labute approximate surface area is 81.9 Å². The second kappa shape index (κ2) is 4.26. The van der Waals surface area contributed by atoms with Crippen molar-refractivity contribution in [3.8, 4) is 0 Å². The summed E-state index contributed by atoms with van der Waals surface area (Å²) in [6, 6.07) is 0. The van der Waals surface area contributed by atoms with Crippen LogP contribution in [0.2, 0.25) is 0 Å². The molecule has 0 atom stereocenters. The van der Waals surface area contributed by atoms with Gasteiger partial charge in [0, 0.05) is 11.3 Å². The van der Waals surface area contributed by atoms with Crippen molar-refractivity contribution in [2.45, 2.75) is 59.3 Å². The summed E-state index contributed by atoms with van der Waals surface area (Å²) in [5.74, 6) is 0.887. The van der Waals surface area contributed by atoms with E-state index in [1.165, 1.54) is 19.3 Å². The molecule has 0 saturated heterocycles. The molecule has 0 unspecified atom stereocenters. The van der Waals surface area contributed by atoms with Crippen LogP contribution < -0.4 is 0 Å². The van der Waals surface area contributed by atoms with Crippen LogP contribution in [0.4, 0.5) is 0 Å². The van der Waals surface area contributed by atoms with Gasteiger partial charge in [-0.15, -0.1) is 0 Å². The van der Waals surface area contributed by atoms with Crippen molar-refractivity contribution >= 4 is 5.78 Å². The Kier molecular flexibility index (Phi) is 3.52. The number of Topliss-reactive ketones (excluding diaryl/α,β-unsaturated/α-hetero) is 1. The van der Waals surface area contributed by atoms with E-state index in [2.05, 4.69) is 20.8 Å². The minimum atomic E-state index is -0.0813. The normalized spacial score (nSPS) is 20.2. The average Bonchev–Trinajstić information content (AvgIpc) is 2.18. The molecular weight excluding hydrogens is 160 g/mol. The topological polar surface area (TPSA) is 17.1 Å². The molecule has 0 bridgehead atoms. The first-order valence-corrected chi connectivity index (χ1v) is 5.62. The molecule has 0 aromatic carbocycles. The van der Waals surface area contributed by atoms with Gasteiger partial charge in [-0.1, -0.05) is 40.0 Å². The van der Waals surface area contributed by atoms with Crippen molar-refractivity contribution in [2.75, 3.05) is 0 Å². The van der Waals surface area contributed by atoms with Gasteiger partial charge in [0.15, 0.2) is 0 Å². The summed E-state index contributed by atoms with van der Waals surface area (Å²) in [4.78, 5) is 12.1. The zero-order valence-corrected chi connectivity index (χ0v) is 9.23. The minimum Gasteiger partial charge on any atom is -0.299 e. The molecule has 1 saturated carbocycles. The molecule has 0 spiro atoms. The van der Waals surface area contributed by atoms with Gasteiger partial charge >= 0.3 is 0 Å². The van der Waals surface area contributed by atoms with Crippen LogP contribution in [0.1, 0.15) is 59.3 Å². The fourth-order valence-corrected chi connectivity index (χ4v) is 2.09. The Hall–Kier alpha value is -0.330. The summed E-state index contributed by atoms with van der Waals surface area (Å²) in [6.45, 7) is 6.29. The van der Waals surface area contributed by atoms with E-state index < -0.39 is 0 Å². The van der Waals surface area contributed by atoms with Crippen LogP contribution in [0.5, 0.6) is 0 Å². The number of carbonyl (C=O) groups is 1. The quantitative estimate of drug-likeness (QED) is 0.652. The van der Waals surface area contributed by atoms with E-state index in [1.54, 1.807) is 0 Å². The molecule has 1 rings (SSSR count). The van der Waals surface area contributed by atoms with Gasteiger partial charge in [0.25, 0.3) is 0 Å². The largest absolute Gasteiger partial charge is 0.299 e. The molecule has 76 valence electrons. The van der Waals surface area contributed by atoms with E-state index in [9.17, 15) is 4.79 Å². The van der Waals surface area contributed by atoms with Gasteiger partial charge in [-0.25, -0.2) is 0 Å². The Bertz CT molecular complexity index is 176. The summed E-state index contributed by atoms with van der Waals surface area (Å²) in [6.07, 6.45) is 7.11. The van der Waals surface area contributed by atoms with Crippen molar-refractivity contribution < 1.29 is 4.79 Å². The number of ketones is 1. The van der Waals surface area contributed by atoms with Crippen molar-refractivity contribution in [3.63, 3.8) is 0 Å². The van der Waals surface area contributed by atoms with E-state index in [-0.39, 0.29) is 5.41 Å². The minimum absolute atomic E-state index is 0.0813. The Morgan fingerprint density at radius 1 is 1.23 bits per heavy atom. The maximum atomic E-state index is 12.1. The maximum Gasteiger partial charge on any atom is 0.141 e. The zero-order valence-electron chi connectivity index (χ0n) is 9.23. The lowest BCUT2D eigenvalue weighted by atomic mass is 9.74. The predicted octanol–water partition coefficient (Wildman–Crippen LogP) is 3.57. The average molecular weight is 182 g/mol. The number of hydrogen-bond donors (Lipinski definition) is 0. The molecule has 0 heterocycles. The van der Waals surface area contributed by atoms with E-state index in [0.29, 0.717) is 11.7 Å². The van der Waals surface area contributed by atoms with E-state index >= 15 is 0 Å². The molecule has 0 N–H and O–H groups in total. The van der Waals surface area contributed by atoms with E-state index in [1.807, 2.05) is 0 Å². The molecule has 0 aliphatic heterocycles. The Balaban J connectivity index is 2.55. The second-order valence-electron chi connectivity index (χ2n) is 4.94. The third-order valence-electron chi connectivity index (χ3n) is 3.53. The maximum absolute atomic E-state index is 12.1. The molecule has 0 aromatic heterocycles. The second-order valence-corrected chi connectivity index (χ2v) is 4.94. The van der Waals surface area contributed by atoms with Gasteiger partial charge < -0.3 is 0 Å². The van der Waals surface area contributed by atoms with Crippen LogP contribution >= 0.6 is 0 Å². The lowest BCUT2D eigenvalue weighted by Crippen LogP contribution is -2.31. The molecule has 1 aliphatic carbocycles. The predicted molar refractivity (Wildman–Crippen MR) is 55.7 cm³/mol. The molecule has 1 heteroatoms. The third kappa shape index (κ3) is 2.55. The van der Waals surface area contributed by atoms with Gasteiger partial charge in [-0.2, -0.15) is 0 Å². The lowest BCUT2D eigenvalue weighted by Gasteiger charge is -2.29. The lowest BCUT2D eigenvalue weighted by molar-refractivity contribution is -0.132. The molecular formula is C12H22O. The fraction of sp³-hybridized carbons (Fsp3) is 0.917. The van der Waals surface area contributed by atoms with Gasteiger partial charge in [0.05, 0.1) is 0 Å². The van der Waals surface area contributed by atoms with Gasteiger partial charge in [-0.3, -0.25) is 4.79 Å². The third-order valence-corrected chi connectivity index (χ3v) is 3.53. The van der Waals surface area contributed by atoms with E-state index in [4.69, 9.17) is 0 Å². The first kappa shape index (κ1) is 10.7. The number of carbonyl (C=O) groups excluding carboxylic acids is 1. The van der Waals surface area contributed by atoms with Crippen LogP contribution in [-0.4, -0.2) is 5.78 Å². The fourth-order valence-electron chi connectivity index (χ4n) is 2.09. The van der Waals surface area contributed by atoms with Crippen LogP contribution in [0, 0.1) is 11.3 Å². The molecule has 0 radical (unpaired) electrons. The van der Waals surface area contributed by atoms with Crippen molar-refractivity contribution in [3.05, 3.63) is 0 Å². The summed E-state index contributed by atoms with van der Waals surface area (Å²) in [5.41, 5.74) is -0.0813. The molecule has 0 aromatic rings. The van der Waals surface area contributed by atoms with Crippen molar-refractivity contribution in [1.82, 2.24) is 0 Å². The number of rotatable bonds is 3. The SMILES string of the molecule is CCC(C)(C)C(=O)C1CCCCC1. The Morgan fingerprint density at radius 3 is 2.23 bits per heavy atom. The summed E-state index contributed by atoms with van der Waals surface area (Å²) in [7, 11) is 0. The van der Waals surface area contributed by atoms with Crippen molar-refractivity contribution in [2.24, 2.45) is 11.3 Å². The van der Waals surface area contributed by atoms with E-state index in [0.717, 1.165) is 19.3 Å². The van der Waals surface area contributed by atoms with Crippen LogP contribution in [0.25, 0.3) is 0 Å². The van der Waals surface area contributed by atoms with Gasteiger partial charge in [0.2, 0.25) is 0 Å². The highest BCUT2D eigenvalue weighted by Crippen LogP contribution is 2.32. The molecule has 13 heavy (non-hydrogen) atoms. The summed E-state index contributed by atoms with van der Waals surface area (Å²) in [5, 5.41) is 0. The smallest absolute Gasteiger partial charge is 0.141 e. The first-order chi connectivity index (χ1) is 6.08. The molecule has 0 amide bonds. The first-order valence-electron chi connectivity index (χ1n) is 5.62. The van der Waals surface area contributed by atoms with Gasteiger partial charge in [-0.05, 0) is 19.3 Å². The molecule has 1 nitrogen and oxygen atoms in total. The monoisotopic (exact) mass is 182 g/mol. The molecule has 1 fully saturated rings. The Morgan fingerprint density at radius 2 is 1.77 bits per heavy atom. The van der Waals surface area contributed by atoms with Crippen LogP contribution in [0.3, 0.4) is 0 Å². The highest BCUT2D eigenvalue weighted by atomic mass is 16.1. The molecule has 1 aliphatic rings. The zero-order chi connectivity index (χ0) is 9.90. The number of hydrogen-bond acceptors (Lipinski definition) is 1. The highest BCUT2D eigenvalue weighted by Gasteiger charge is 2.32. The summed E-state index contributed by atoms with van der Waals surface area (Å²) >= 11 is 0. The van der Waals surface area contributed by atoms with Crippen LogP contribution in [-0.2, 0) is 4.79 Å². The summed E-state index contributed by atoms with van der Waals surface area (Å²) < 4.78 is 0. The highest BCUT2D eigenvalue weighted by molar-refractivity contribution is 5.86. The van der Waals surface area contributed by atoms with Crippen LogP contribution in [0.15, 0.2) is 0 Å². The van der Waals surface area contributed by atoms with Crippen molar-refractivity contribution in [1.29, 1.82) is 0 Å². The van der Waals surface area contributed by atoms with Gasteiger partial charge in [0.1, 0.15) is 5.78 Å². The standard InChI is InChI=1S/C12H22O/c1-4-12(2,3)11(13)10-8-6-5-7-9-10/h10H,4-9H2,1-3H3.